The molecule has 0 spiro atoms. The van der Waals surface area contributed by atoms with Crippen molar-refractivity contribution in [3.8, 4) is 0 Å². The van der Waals surface area contributed by atoms with Crippen LogP contribution < -0.4 is 10.2 Å². The van der Waals surface area contributed by atoms with E-state index in [0.717, 1.165) is 42.5 Å². The molecule has 1 aromatic rings. The summed E-state index contributed by atoms with van der Waals surface area (Å²) in [4.78, 5) is 27.3. The minimum absolute atomic E-state index is 0.230. The number of carbonyl (C=O) groups excluding carboxylic acids is 2. The van der Waals surface area contributed by atoms with E-state index in [1.165, 1.54) is 7.05 Å². The first-order valence-corrected chi connectivity index (χ1v) is 7.06. The first-order valence-electron chi connectivity index (χ1n) is 7.06. The molecule has 2 aliphatic heterocycles. The lowest BCUT2D eigenvalue weighted by Crippen LogP contribution is -2.40. The minimum atomic E-state index is -0.977. The first kappa shape index (κ1) is 13.9. The zero-order chi connectivity index (χ0) is 15.0. The second kappa shape index (κ2) is 5.04. The van der Waals surface area contributed by atoms with E-state index in [4.69, 9.17) is 4.74 Å². The number of likely N-dealkylation sites (N-methyl/N-ethyl adjacent to an activating group) is 1. The molecule has 1 N–H and O–H groups in total. The van der Waals surface area contributed by atoms with Crippen molar-refractivity contribution in [1.29, 1.82) is 0 Å². The van der Waals surface area contributed by atoms with Gasteiger partial charge in [0.15, 0.2) is 0 Å². The lowest BCUT2D eigenvalue weighted by atomic mass is 9.92. The number of nitrogens with one attached hydrogen (secondary N) is 1. The normalized spacial score (nSPS) is 26.2. The molecule has 1 unspecified atom stereocenters. The Hall–Kier alpha value is -2.08. The summed E-state index contributed by atoms with van der Waals surface area (Å²) in [6.07, 6.45) is 0. The first-order chi connectivity index (χ1) is 10.0. The Labute approximate surface area is 123 Å². The maximum absolute atomic E-state index is 12.2. The summed E-state index contributed by atoms with van der Waals surface area (Å²) in [7, 11) is 1.49. The van der Waals surface area contributed by atoms with Crippen LogP contribution in [0, 0.1) is 0 Å². The molecule has 3 rings (SSSR count). The van der Waals surface area contributed by atoms with E-state index in [1.807, 2.05) is 24.3 Å². The third kappa shape index (κ3) is 2.25. The highest BCUT2D eigenvalue weighted by molar-refractivity contribution is 6.06. The Morgan fingerprint density at radius 3 is 2.29 bits per heavy atom. The molecule has 0 aromatic heterocycles. The molecule has 2 saturated heterocycles. The van der Waals surface area contributed by atoms with Gasteiger partial charge in [0.05, 0.1) is 13.2 Å². The molecule has 2 heterocycles. The minimum Gasteiger partial charge on any atom is -0.378 e. The van der Waals surface area contributed by atoms with E-state index >= 15 is 0 Å². The third-order valence-corrected chi connectivity index (χ3v) is 4.21. The van der Waals surface area contributed by atoms with Gasteiger partial charge >= 0.3 is 6.03 Å². The van der Waals surface area contributed by atoms with Gasteiger partial charge in [0.25, 0.3) is 5.91 Å². The van der Waals surface area contributed by atoms with Crippen LogP contribution in [0.2, 0.25) is 0 Å². The number of morpholine rings is 1. The highest BCUT2D eigenvalue weighted by Gasteiger charge is 2.47. The number of urea groups is 1. The van der Waals surface area contributed by atoms with Gasteiger partial charge < -0.3 is 15.0 Å². The molecule has 0 bridgehead atoms. The molecule has 2 aliphatic rings. The Balaban J connectivity index is 1.84. The molecule has 0 aliphatic carbocycles. The number of nitrogens with zero attached hydrogens (tertiary/aromatic N) is 2. The van der Waals surface area contributed by atoms with Crippen LogP contribution in [0.15, 0.2) is 24.3 Å². The predicted molar refractivity (Wildman–Crippen MR) is 78.1 cm³/mol. The van der Waals surface area contributed by atoms with Gasteiger partial charge in [0, 0.05) is 25.8 Å². The van der Waals surface area contributed by atoms with Crippen LogP contribution in [0.5, 0.6) is 0 Å². The molecular weight excluding hydrogens is 270 g/mol. The van der Waals surface area contributed by atoms with Crippen molar-refractivity contribution < 1.29 is 14.3 Å². The van der Waals surface area contributed by atoms with Crippen molar-refractivity contribution in [3.05, 3.63) is 29.8 Å². The van der Waals surface area contributed by atoms with Crippen molar-refractivity contribution in [2.45, 2.75) is 12.5 Å². The molecule has 1 aromatic carbocycles. The number of carbonyl (C=O) groups is 2. The Kier molecular flexibility index (Phi) is 3.33. The molecule has 0 radical (unpaired) electrons. The van der Waals surface area contributed by atoms with Crippen molar-refractivity contribution in [2.75, 3.05) is 38.3 Å². The maximum atomic E-state index is 12.2. The van der Waals surface area contributed by atoms with Gasteiger partial charge in [0.2, 0.25) is 0 Å². The van der Waals surface area contributed by atoms with Crippen LogP contribution in [0.25, 0.3) is 0 Å². The second-order valence-corrected chi connectivity index (χ2v) is 5.57. The molecule has 3 amide bonds. The van der Waals surface area contributed by atoms with Crippen LogP contribution in [-0.2, 0) is 15.1 Å². The molecular formula is C15H19N3O3. The van der Waals surface area contributed by atoms with E-state index < -0.39 is 5.54 Å². The van der Waals surface area contributed by atoms with Crippen molar-refractivity contribution in [2.24, 2.45) is 0 Å². The van der Waals surface area contributed by atoms with Gasteiger partial charge in [-0.25, -0.2) is 4.79 Å². The van der Waals surface area contributed by atoms with E-state index in [2.05, 4.69) is 10.2 Å². The molecule has 2 fully saturated rings. The summed E-state index contributed by atoms with van der Waals surface area (Å²) in [5, 5.41) is 2.75. The molecule has 21 heavy (non-hydrogen) atoms. The molecule has 112 valence electrons. The number of ether oxygens (including phenoxy) is 1. The molecule has 0 saturated carbocycles. The van der Waals surface area contributed by atoms with E-state index in [1.54, 1.807) is 6.92 Å². The van der Waals surface area contributed by atoms with Crippen LogP contribution in [0.1, 0.15) is 12.5 Å². The van der Waals surface area contributed by atoms with Crippen LogP contribution in [0.3, 0.4) is 0 Å². The zero-order valence-corrected chi connectivity index (χ0v) is 12.3. The lowest BCUT2D eigenvalue weighted by molar-refractivity contribution is -0.130. The highest BCUT2D eigenvalue weighted by atomic mass is 16.5. The van der Waals surface area contributed by atoms with Gasteiger partial charge in [-0.3, -0.25) is 9.69 Å². The summed E-state index contributed by atoms with van der Waals surface area (Å²) in [6.45, 7) is 4.95. The monoisotopic (exact) mass is 289 g/mol. The van der Waals surface area contributed by atoms with Gasteiger partial charge in [-0.1, -0.05) is 12.1 Å². The number of anilines is 1. The Bertz CT molecular complexity index is 566. The van der Waals surface area contributed by atoms with Gasteiger partial charge in [-0.05, 0) is 24.6 Å². The summed E-state index contributed by atoms with van der Waals surface area (Å²) in [5.41, 5.74) is 0.924. The SMILES string of the molecule is CN1C(=O)NC(C)(c2ccc(N3CCOCC3)cc2)C1=O. The van der Waals surface area contributed by atoms with Crippen LogP contribution in [0.4, 0.5) is 10.5 Å². The number of hydrogen-bond donors (Lipinski definition) is 1. The number of rotatable bonds is 2. The van der Waals surface area contributed by atoms with E-state index in [9.17, 15) is 9.59 Å². The van der Waals surface area contributed by atoms with Gasteiger partial charge in [0.1, 0.15) is 5.54 Å². The average molecular weight is 289 g/mol. The summed E-state index contributed by atoms with van der Waals surface area (Å²) in [6, 6.07) is 7.43. The maximum Gasteiger partial charge on any atom is 0.325 e. The fraction of sp³-hybridized carbons (Fsp3) is 0.467. The average Bonchev–Trinajstić information content (AvgIpc) is 2.73. The second-order valence-electron chi connectivity index (χ2n) is 5.57. The fourth-order valence-corrected chi connectivity index (χ4v) is 2.80. The fourth-order valence-electron chi connectivity index (χ4n) is 2.80. The Morgan fingerprint density at radius 1 is 1.14 bits per heavy atom. The number of benzene rings is 1. The van der Waals surface area contributed by atoms with E-state index in [-0.39, 0.29) is 11.9 Å². The van der Waals surface area contributed by atoms with Crippen molar-refractivity contribution >= 4 is 17.6 Å². The summed E-state index contributed by atoms with van der Waals surface area (Å²) in [5.74, 6) is -0.230. The predicted octanol–water partition coefficient (Wildman–Crippen LogP) is 0.920. The number of amides is 3. The molecule has 6 heteroatoms. The van der Waals surface area contributed by atoms with Crippen molar-refractivity contribution in [3.63, 3.8) is 0 Å². The molecule has 6 nitrogen and oxygen atoms in total. The number of imide groups is 1. The lowest BCUT2D eigenvalue weighted by Gasteiger charge is -2.29. The van der Waals surface area contributed by atoms with Gasteiger partial charge in [-0.15, -0.1) is 0 Å². The van der Waals surface area contributed by atoms with Crippen LogP contribution in [-0.4, -0.2) is 50.2 Å². The topological polar surface area (TPSA) is 61.9 Å². The molecule has 1 atom stereocenters. The quantitative estimate of drug-likeness (QED) is 0.822. The number of hydrogen-bond acceptors (Lipinski definition) is 4. The largest absolute Gasteiger partial charge is 0.378 e. The van der Waals surface area contributed by atoms with Gasteiger partial charge in [-0.2, -0.15) is 0 Å². The van der Waals surface area contributed by atoms with E-state index in [0.29, 0.717) is 0 Å². The summed E-state index contributed by atoms with van der Waals surface area (Å²) >= 11 is 0. The third-order valence-electron chi connectivity index (χ3n) is 4.21. The highest BCUT2D eigenvalue weighted by Crippen LogP contribution is 2.29. The summed E-state index contributed by atoms with van der Waals surface area (Å²) < 4.78 is 5.34. The smallest absolute Gasteiger partial charge is 0.325 e. The standard InChI is InChI=1S/C15H19N3O3/c1-15(13(19)17(2)14(20)16-15)11-3-5-12(6-4-11)18-7-9-21-10-8-18/h3-6H,7-10H2,1-2H3,(H,16,20). The van der Waals surface area contributed by atoms with Crippen molar-refractivity contribution in [1.82, 2.24) is 10.2 Å². The Morgan fingerprint density at radius 2 is 1.76 bits per heavy atom. The van der Waals surface area contributed by atoms with Crippen LogP contribution >= 0.6 is 0 Å². The zero-order valence-electron chi connectivity index (χ0n) is 12.3.